The molecule has 0 saturated carbocycles. The predicted octanol–water partition coefficient (Wildman–Crippen LogP) is 1.10. The molecule has 1 nitrogen and oxygen atoms in total. The van der Waals surface area contributed by atoms with E-state index in [1.165, 1.54) is 0 Å². The first-order valence-corrected chi connectivity index (χ1v) is 2.41. The minimum absolute atomic E-state index is 0. The smallest absolute Gasteiger partial charge is 0 e. The predicted molar refractivity (Wildman–Crippen MR) is 26.7 cm³/mol. The minimum Gasteiger partial charge on any atom is -0.428 e. The summed E-state index contributed by atoms with van der Waals surface area (Å²) in [4.78, 5) is 10.3. The summed E-state index contributed by atoms with van der Waals surface area (Å²) in [6, 6.07) is 0. The molecule has 0 saturated heterocycles. The van der Waals surface area contributed by atoms with Crippen molar-refractivity contribution in [3.05, 3.63) is 11.6 Å². The number of carbonyl (C=O) groups is 1. The maximum absolute atomic E-state index is 10.3. The zero-order valence-electron chi connectivity index (χ0n) is 5.03. The molecule has 0 heterocycles. The molecule has 0 bridgehead atoms. The standard InChI is InChI=1S/C6H7O.Bh/c1-5-2-3-6(7)4-5;/h2-3H2,1H3;/q-1;. The van der Waals surface area contributed by atoms with E-state index >= 15 is 0 Å². The Kier molecular flexibility index (Phi) is 1.54. The van der Waals surface area contributed by atoms with Crippen LogP contribution >= 0.6 is 0 Å². The van der Waals surface area contributed by atoms with E-state index in [2.05, 4.69) is 6.08 Å². The van der Waals surface area contributed by atoms with Gasteiger partial charge in [-0.25, -0.2) is 0 Å². The van der Waals surface area contributed by atoms with Crippen molar-refractivity contribution in [3.8, 4) is 0 Å². The second kappa shape index (κ2) is 1.92. The van der Waals surface area contributed by atoms with Crippen molar-refractivity contribution in [1.29, 1.82) is 0 Å². The molecular formula is C6H7BhO-. The summed E-state index contributed by atoms with van der Waals surface area (Å²) in [7, 11) is 0. The third-order valence-electron chi connectivity index (χ3n) is 1.08. The van der Waals surface area contributed by atoms with E-state index in [9.17, 15) is 4.79 Å². The number of Topliss-reactive ketones (excluding diaryl/α,β-unsaturated/α-hetero) is 1. The van der Waals surface area contributed by atoms with E-state index < -0.39 is 0 Å². The summed E-state index contributed by atoms with van der Waals surface area (Å²) in [6.45, 7) is 1.94. The van der Waals surface area contributed by atoms with Gasteiger partial charge in [0.25, 0.3) is 0 Å². The number of carbonyl (C=O) groups excluding carboxylic acids is 1. The van der Waals surface area contributed by atoms with Gasteiger partial charge in [0.05, 0.1) is 0 Å². The van der Waals surface area contributed by atoms with Gasteiger partial charge >= 0.3 is 0 Å². The molecule has 0 unspecified atom stereocenters. The van der Waals surface area contributed by atoms with E-state index in [0.717, 1.165) is 12.0 Å². The van der Waals surface area contributed by atoms with Gasteiger partial charge in [-0.05, 0) is 12.2 Å². The number of ketones is 1. The third kappa shape index (κ3) is 0.934. The Hall–Kier alpha value is -1.59. The van der Waals surface area contributed by atoms with Crippen LogP contribution in [-0.4, -0.2) is 5.78 Å². The van der Waals surface area contributed by atoms with Gasteiger partial charge in [-0.3, -0.25) is 5.57 Å². The second-order valence-corrected chi connectivity index (χ2v) is 1.83. The van der Waals surface area contributed by atoms with Crippen LogP contribution in [0.25, 0.3) is 0 Å². The van der Waals surface area contributed by atoms with E-state index in [1.54, 1.807) is 0 Å². The van der Waals surface area contributed by atoms with Gasteiger partial charge in [0.2, 0.25) is 0 Å². The second-order valence-electron chi connectivity index (χ2n) is 1.83. The van der Waals surface area contributed by atoms with Crippen molar-refractivity contribution in [3.63, 3.8) is 0 Å². The van der Waals surface area contributed by atoms with Crippen LogP contribution in [0.4, 0.5) is 0 Å². The van der Waals surface area contributed by atoms with Gasteiger partial charge in [0, 0.05) is 0 Å². The summed E-state index contributed by atoms with van der Waals surface area (Å²) in [5, 5.41) is 0. The van der Waals surface area contributed by atoms with Crippen molar-refractivity contribution in [2.75, 3.05) is 0 Å². The fourth-order valence-electron chi connectivity index (χ4n) is 0.664. The van der Waals surface area contributed by atoms with Crippen LogP contribution in [0.5, 0.6) is 0 Å². The molecule has 0 aromatic carbocycles. The molecule has 0 N–H and O–H groups in total. The molecular weight excluding hydrogens is 358 g/mol. The van der Waals surface area contributed by atoms with Crippen LogP contribution in [0.15, 0.2) is 5.57 Å². The Morgan fingerprint density at radius 1 is 1.50 bits per heavy atom. The molecule has 0 fully saturated rings. The number of allylic oxidation sites excluding steroid dienone is 2. The molecule has 0 aliphatic heterocycles. The Morgan fingerprint density at radius 3 is 2.25 bits per heavy atom. The molecule has 2 heteroatoms. The largest absolute Gasteiger partial charge is 0.428 e. The van der Waals surface area contributed by atoms with Crippen molar-refractivity contribution >= 4 is 5.78 Å². The normalized spacial score (nSPS) is 17.6. The van der Waals surface area contributed by atoms with Crippen LogP contribution in [0.1, 0.15) is 19.8 Å². The SMILES string of the molecule is CC1=[C-]C(=O)CC1.[Bh]. The molecule has 1 rings (SSSR count). The maximum Gasteiger partial charge on any atom is 0 e. The Bertz CT molecular complexity index is 126. The van der Waals surface area contributed by atoms with Crippen LogP contribution in [0.2, 0.25) is 0 Å². The van der Waals surface area contributed by atoms with Gasteiger partial charge in [-0.2, -0.15) is 0 Å². The summed E-state index contributed by atoms with van der Waals surface area (Å²) >= 11 is 0. The molecule has 40 valence electrons. The van der Waals surface area contributed by atoms with Crippen molar-refractivity contribution in [1.82, 2.24) is 0 Å². The van der Waals surface area contributed by atoms with Crippen LogP contribution in [0, 0.1) is 6.08 Å². The van der Waals surface area contributed by atoms with Crippen molar-refractivity contribution in [2.45, 2.75) is 19.8 Å². The Balaban J connectivity index is 0.000000490. The third-order valence-corrected chi connectivity index (χ3v) is 1.08. The van der Waals surface area contributed by atoms with Crippen molar-refractivity contribution in [2.24, 2.45) is 0 Å². The maximum atomic E-state index is 10.3. The van der Waals surface area contributed by atoms with Gasteiger partial charge in [0.1, 0.15) is 0 Å². The Morgan fingerprint density at radius 2 is 2.12 bits per heavy atom. The van der Waals surface area contributed by atoms with Gasteiger partial charge in [-0.1, -0.05) is 13.3 Å². The molecule has 0 atom stereocenters. The molecule has 0 amide bonds. The first-order valence-electron chi connectivity index (χ1n) is 2.41. The zero-order chi connectivity index (χ0) is 5.28. The summed E-state index contributed by atoms with van der Waals surface area (Å²) in [5.74, 6) is 0.164. The average Bonchev–Trinajstić information content (AvgIpc) is 1.87. The molecule has 1 aliphatic rings. The monoisotopic (exact) mass is 365 g/mol. The quantitative estimate of drug-likeness (QED) is 0.588. The summed E-state index contributed by atoms with van der Waals surface area (Å²) < 4.78 is 0. The molecule has 0 aromatic rings. The fourth-order valence-corrected chi connectivity index (χ4v) is 0.664. The number of hydrogen-bond acceptors (Lipinski definition) is 1. The van der Waals surface area contributed by atoms with Crippen molar-refractivity contribution < 1.29 is 4.79 Å². The van der Waals surface area contributed by atoms with E-state index in [0.29, 0.717) is 6.42 Å². The topological polar surface area (TPSA) is 17.1 Å². The molecule has 0 spiro atoms. The molecule has 1 aliphatic carbocycles. The number of rotatable bonds is 0. The van der Waals surface area contributed by atoms with E-state index in [4.69, 9.17) is 0 Å². The summed E-state index contributed by atoms with van der Waals surface area (Å²) in [5.41, 5.74) is 1.10. The minimum atomic E-state index is 0. The zero-order valence-corrected chi connectivity index (χ0v) is 11.5. The van der Waals surface area contributed by atoms with Gasteiger partial charge in [0.15, 0.2) is 0 Å². The van der Waals surface area contributed by atoms with Crippen LogP contribution in [-0.2, 0) is 4.79 Å². The van der Waals surface area contributed by atoms with E-state index in [-0.39, 0.29) is 5.78 Å². The molecule has 8 heavy (non-hydrogen) atoms. The van der Waals surface area contributed by atoms with Crippen LogP contribution < -0.4 is 0 Å². The van der Waals surface area contributed by atoms with Gasteiger partial charge < -0.3 is 10.9 Å². The first kappa shape index (κ1) is 6.41. The fraction of sp³-hybridized carbons (Fsp3) is 0.500. The average molecular weight is 365 g/mol. The summed E-state index contributed by atoms with van der Waals surface area (Å²) in [6.07, 6.45) is 4.31. The number of hydrogen-bond donors (Lipinski definition) is 0. The Labute approximate surface area is 43.0 Å². The molecule has 0 radical (unpaired) electrons. The van der Waals surface area contributed by atoms with E-state index in [1.807, 2.05) is 6.92 Å². The van der Waals surface area contributed by atoms with Crippen LogP contribution in [0.3, 0.4) is 0 Å². The first-order chi connectivity index (χ1) is 3.29. The molecule has 0 aromatic heterocycles. The van der Waals surface area contributed by atoms with Gasteiger partial charge in [-0.15, -0.1) is 0 Å².